The minimum absolute atomic E-state index is 0.119. The Bertz CT molecular complexity index is 394. The van der Waals surface area contributed by atoms with Gasteiger partial charge in [0.25, 0.3) is 0 Å². The summed E-state index contributed by atoms with van der Waals surface area (Å²) in [6.07, 6.45) is 0. The lowest BCUT2D eigenvalue weighted by Crippen LogP contribution is -2.37. The fraction of sp³-hybridized carbons (Fsp3) is 0.500. The number of hydrogen-bond donors (Lipinski definition) is 0. The maximum atomic E-state index is 12.0. The van der Waals surface area contributed by atoms with E-state index in [4.69, 9.17) is 4.74 Å². The molecule has 3 nitrogen and oxygen atoms in total. The Kier molecular flexibility index (Phi) is 3.61. The summed E-state index contributed by atoms with van der Waals surface area (Å²) in [6.45, 7) is 1.78. The summed E-state index contributed by atoms with van der Waals surface area (Å²) in [4.78, 5) is 2.23. The molecule has 1 aromatic rings. The number of benzene rings is 1. The van der Waals surface area contributed by atoms with Crippen molar-refractivity contribution in [3.63, 3.8) is 0 Å². The van der Waals surface area contributed by atoms with Gasteiger partial charge in [-0.05, 0) is 24.7 Å². The molecule has 2 atom stereocenters. The third-order valence-corrected chi connectivity index (χ3v) is 4.58. The van der Waals surface area contributed by atoms with Gasteiger partial charge in [-0.15, -0.1) is 0 Å². The molecule has 1 saturated heterocycles. The largest absolute Gasteiger partial charge is 0.497 e. The van der Waals surface area contributed by atoms with Crippen LogP contribution in [0.15, 0.2) is 24.3 Å². The Morgan fingerprint density at radius 3 is 3.06 bits per heavy atom. The Morgan fingerprint density at radius 2 is 2.31 bits per heavy atom. The van der Waals surface area contributed by atoms with E-state index >= 15 is 0 Å². The van der Waals surface area contributed by atoms with Crippen LogP contribution in [0.4, 0.5) is 0 Å². The van der Waals surface area contributed by atoms with Crippen molar-refractivity contribution in [2.75, 3.05) is 33.0 Å². The maximum absolute atomic E-state index is 12.0. The monoisotopic (exact) mass is 239 g/mol. The standard InChI is InChI=1S/C12H17NO2S/c1-13-6-7-16(14)12(9-13)10-4-3-5-11(8-10)15-2/h3-5,8,12H,6-7,9H2,1-2H3. The van der Waals surface area contributed by atoms with E-state index in [0.29, 0.717) is 0 Å². The molecule has 0 aliphatic carbocycles. The average molecular weight is 239 g/mol. The molecule has 1 aromatic carbocycles. The van der Waals surface area contributed by atoms with E-state index in [9.17, 15) is 4.21 Å². The van der Waals surface area contributed by atoms with Crippen LogP contribution in [0.2, 0.25) is 0 Å². The van der Waals surface area contributed by atoms with Crippen molar-refractivity contribution in [1.82, 2.24) is 4.90 Å². The van der Waals surface area contributed by atoms with Gasteiger partial charge >= 0.3 is 0 Å². The first-order valence-corrected chi connectivity index (χ1v) is 6.78. The molecule has 1 aliphatic rings. The van der Waals surface area contributed by atoms with Gasteiger partial charge in [-0.1, -0.05) is 12.1 Å². The van der Waals surface area contributed by atoms with Crippen molar-refractivity contribution in [1.29, 1.82) is 0 Å². The number of ether oxygens (including phenoxy) is 1. The second-order valence-corrected chi connectivity index (χ2v) is 5.85. The summed E-state index contributed by atoms with van der Waals surface area (Å²) in [5.41, 5.74) is 1.12. The van der Waals surface area contributed by atoms with Gasteiger partial charge in [0.1, 0.15) is 5.75 Å². The second kappa shape index (κ2) is 4.97. The number of methoxy groups -OCH3 is 1. The predicted octanol–water partition coefficient (Wildman–Crippen LogP) is 1.43. The van der Waals surface area contributed by atoms with E-state index in [1.807, 2.05) is 24.3 Å². The first-order valence-electron chi connectivity index (χ1n) is 5.40. The molecule has 1 fully saturated rings. The molecule has 2 rings (SSSR count). The molecule has 0 bridgehead atoms. The molecule has 1 aliphatic heterocycles. The van der Waals surface area contributed by atoms with E-state index in [2.05, 4.69) is 11.9 Å². The van der Waals surface area contributed by atoms with Gasteiger partial charge in [0, 0.05) is 29.6 Å². The topological polar surface area (TPSA) is 29.5 Å². The summed E-state index contributed by atoms with van der Waals surface area (Å²) < 4.78 is 17.2. The van der Waals surface area contributed by atoms with Gasteiger partial charge in [-0.3, -0.25) is 4.21 Å². The van der Waals surface area contributed by atoms with Crippen LogP contribution in [-0.4, -0.2) is 42.1 Å². The van der Waals surface area contributed by atoms with Gasteiger partial charge < -0.3 is 9.64 Å². The highest BCUT2D eigenvalue weighted by Crippen LogP contribution is 2.26. The third kappa shape index (κ3) is 2.44. The molecule has 0 radical (unpaired) electrons. The van der Waals surface area contributed by atoms with Crippen molar-refractivity contribution in [2.45, 2.75) is 5.25 Å². The van der Waals surface area contributed by atoms with Crippen molar-refractivity contribution >= 4 is 10.8 Å². The zero-order chi connectivity index (χ0) is 11.5. The van der Waals surface area contributed by atoms with Crippen molar-refractivity contribution in [3.8, 4) is 5.75 Å². The smallest absolute Gasteiger partial charge is 0.119 e. The highest BCUT2D eigenvalue weighted by molar-refractivity contribution is 7.85. The van der Waals surface area contributed by atoms with Crippen molar-refractivity contribution < 1.29 is 8.95 Å². The van der Waals surface area contributed by atoms with Crippen LogP contribution in [-0.2, 0) is 10.8 Å². The minimum atomic E-state index is -0.757. The molecular weight excluding hydrogens is 222 g/mol. The highest BCUT2D eigenvalue weighted by Gasteiger charge is 2.25. The molecule has 16 heavy (non-hydrogen) atoms. The van der Waals surface area contributed by atoms with Crippen LogP contribution in [0.3, 0.4) is 0 Å². The second-order valence-electron chi connectivity index (χ2n) is 4.11. The summed E-state index contributed by atoms with van der Waals surface area (Å²) in [5, 5.41) is 0.119. The first-order chi connectivity index (χ1) is 7.70. The quantitative estimate of drug-likeness (QED) is 0.782. The zero-order valence-corrected chi connectivity index (χ0v) is 10.5. The Hall–Kier alpha value is -0.870. The van der Waals surface area contributed by atoms with Crippen LogP contribution in [0.5, 0.6) is 5.75 Å². The van der Waals surface area contributed by atoms with Crippen molar-refractivity contribution in [3.05, 3.63) is 29.8 Å². The Balaban J connectivity index is 2.24. The van der Waals surface area contributed by atoms with E-state index in [1.54, 1.807) is 7.11 Å². The fourth-order valence-electron chi connectivity index (χ4n) is 1.94. The van der Waals surface area contributed by atoms with E-state index in [-0.39, 0.29) is 5.25 Å². The zero-order valence-electron chi connectivity index (χ0n) is 9.68. The van der Waals surface area contributed by atoms with Gasteiger partial charge in [0.2, 0.25) is 0 Å². The summed E-state index contributed by atoms with van der Waals surface area (Å²) in [5.74, 6) is 1.60. The SMILES string of the molecule is COc1cccc(C2CN(C)CCS2=O)c1. The van der Waals surface area contributed by atoms with Gasteiger partial charge in [0.05, 0.1) is 12.4 Å². The van der Waals surface area contributed by atoms with Crippen LogP contribution in [0.25, 0.3) is 0 Å². The minimum Gasteiger partial charge on any atom is -0.497 e. The molecular formula is C12H17NO2S. The normalized spacial score (nSPS) is 26.6. The number of hydrogen-bond acceptors (Lipinski definition) is 3. The molecule has 4 heteroatoms. The third-order valence-electron chi connectivity index (χ3n) is 2.93. The maximum Gasteiger partial charge on any atom is 0.119 e. The Morgan fingerprint density at radius 1 is 1.50 bits per heavy atom. The molecule has 0 saturated carbocycles. The van der Waals surface area contributed by atoms with E-state index in [0.717, 1.165) is 30.2 Å². The fourth-order valence-corrected chi connectivity index (χ4v) is 3.59. The molecule has 0 aromatic heterocycles. The number of nitrogens with zero attached hydrogens (tertiary/aromatic N) is 1. The summed E-state index contributed by atoms with van der Waals surface area (Å²) >= 11 is 0. The van der Waals surface area contributed by atoms with Gasteiger partial charge in [0.15, 0.2) is 0 Å². The predicted molar refractivity (Wildman–Crippen MR) is 66.2 cm³/mol. The van der Waals surface area contributed by atoms with Crippen LogP contribution in [0.1, 0.15) is 10.8 Å². The lowest BCUT2D eigenvalue weighted by atomic mass is 10.1. The summed E-state index contributed by atoms with van der Waals surface area (Å²) in [6, 6.07) is 7.89. The molecule has 2 unspecified atom stereocenters. The summed E-state index contributed by atoms with van der Waals surface area (Å²) in [7, 11) is 2.97. The van der Waals surface area contributed by atoms with Crippen LogP contribution < -0.4 is 4.74 Å². The van der Waals surface area contributed by atoms with Crippen molar-refractivity contribution in [2.24, 2.45) is 0 Å². The molecule has 0 N–H and O–H groups in total. The average Bonchev–Trinajstić information content (AvgIpc) is 2.32. The lowest BCUT2D eigenvalue weighted by Gasteiger charge is -2.29. The van der Waals surface area contributed by atoms with Gasteiger partial charge in [-0.25, -0.2) is 0 Å². The molecule has 88 valence electrons. The number of likely N-dealkylation sites (N-methyl/N-ethyl adjacent to an activating group) is 1. The number of rotatable bonds is 2. The van der Waals surface area contributed by atoms with E-state index in [1.165, 1.54) is 0 Å². The van der Waals surface area contributed by atoms with Crippen LogP contribution >= 0.6 is 0 Å². The molecule has 0 amide bonds. The Labute approximate surface area is 98.9 Å². The lowest BCUT2D eigenvalue weighted by molar-refractivity contribution is 0.341. The molecule has 1 heterocycles. The van der Waals surface area contributed by atoms with Crippen LogP contribution in [0, 0.1) is 0 Å². The highest BCUT2D eigenvalue weighted by atomic mass is 32.2. The molecule has 0 spiro atoms. The van der Waals surface area contributed by atoms with Gasteiger partial charge in [-0.2, -0.15) is 0 Å². The van der Waals surface area contributed by atoms with E-state index < -0.39 is 10.8 Å². The first kappa shape index (κ1) is 11.6.